The molecule has 0 aliphatic carbocycles. The lowest BCUT2D eigenvalue weighted by atomic mass is 10.2. The van der Waals surface area contributed by atoms with Crippen LogP contribution in [-0.2, 0) is 9.59 Å². The number of hydrogen-bond donors (Lipinski definition) is 1. The number of ether oxygens (including phenoxy) is 1. The first kappa shape index (κ1) is 16.8. The summed E-state index contributed by atoms with van der Waals surface area (Å²) in [5.41, 5.74) is 1.47. The number of halogens is 1. The Labute approximate surface area is 154 Å². The summed E-state index contributed by atoms with van der Waals surface area (Å²) in [6.45, 7) is 0.665. The third-order valence-electron chi connectivity index (χ3n) is 3.71. The normalized spacial score (nSPS) is 13.9. The summed E-state index contributed by atoms with van der Waals surface area (Å²) in [7, 11) is 0. The number of para-hydroxylation sites is 1. The molecule has 124 valence electrons. The molecule has 24 heavy (non-hydrogen) atoms. The van der Waals surface area contributed by atoms with Crippen LogP contribution in [0.4, 0.5) is 11.4 Å². The topological polar surface area (TPSA) is 58.6 Å². The zero-order valence-electron chi connectivity index (χ0n) is 13.0. The van der Waals surface area contributed by atoms with E-state index in [1.807, 2.05) is 42.5 Å². The number of carbonyl (C=O) groups is 2. The summed E-state index contributed by atoms with van der Waals surface area (Å²) >= 11 is 2.16. The molecule has 0 atom stereocenters. The Balaban J connectivity index is 1.60. The molecular formula is C18H17IN2O3. The van der Waals surface area contributed by atoms with Crippen LogP contribution in [0.5, 0.6) is 5.75 Å². The van der Waals surface area contributed by atoms with Crippen molar-refractivity contribution in [1.29, 1.82) is 0 Å². The summed E-state index contributed by atoms with van der Waals surface area (Å²) in [6.07, 6.45) is 1.46. The van der Waals surface area contributed by atoms with Crippen LogP contribution < -0.4 is 15.0 Å². The van der Waals surface area contributed by atoms with Gasteiger partial charge in [-0.15, -0.1) is 0 Å². The molecule has 0 saturated carbocycles. The highest BCUT2D eigenvalue weighted by Crippen LogP contribution is 2.24. The molecule has 1 aliphatic rings. The molecule has 1 aliphatic heterocycles. The second-order valence-corrected chi connectivity index (χ2v) is 6.63. The molecule has 5 nitrogen and oxygen atoms in total. The van der Waals surface area contributed by atoms with Crippen molar-refractivity contribution in [3.8, 4) is 5.75 Å². The third-order valence-corrected chi connectivity index (χ3v) is 4.60. The average molecular weight is 436 g/mol. The quantitative estimate of drug-likeness (QED) is 0.731. The molecule has 2 aromatic rings. The second kappa shape index (κ2) is 7.65. The fraction of sp³-hybridized carbons (Fsp3) is 0.222. The molecule has 0 aromatic heterocycles. The molecule has 1 N–H and O–H groups in total. The van der Waals surface area contributed by atoms with Gasteiger partial charge in [0, 0.05) is 24.3 Å². The van der Waals surface area contributed by atoms with Gasteiger partial charge in [-0.2, -0.15) is 0 Å². The van der Waals surface area contributed by atoms with Crippen LogP contribution in [0, 0.1) is 3.57 Å². The highest BCUT2D eigenvalue weighted by molar-refractivity contribution is 14.1. The largest absolute Gasteiger partial charge is 0.483 e. The maximum Gasteiger partial charge on any atom is 0.262 e. The number of benzene rings is 2. The number of amides is 2. The van der Waals surface area contributed by atoms with Gasteiger partial charge in [-0.3, -0.25) is 9.59 Å². The van der Waals surface area contributed by atoms with Gasteiger partial charge in [0.15, 0.2) is 6.61 Å². The fourth-order valence-electron chi connectivity index (χ4n) is 2.57. The van der Waals surface area contributed by atoms with E-state index in [1.54, 1.807) is 11.0 Å². The summed E-state index contributed by atoms with van der Waals surface area (Å²) in [6, 6.07) is 14.9. The van der Waals surface area contributed by atoms with E-state index in [-0.39, 0.29) is 18.4 Å². The van der Waals surface area contributed by atoms with Gasteiger partial charge in [-0.05, 0) is 59.3 Å². The van der Waals surface area contributed by atoms with Crippen LogP contribution in [0.15, 0.2) is 48.5 Å². The summed E-state index contributed by atoms with van der Waals surface area (Å²) in [4.78, 5) is 25.6. The Bertz CT molecular complexity index is 763. The predicted molar refractivity (Wildman–Crippen MR) is 101 cm³/mol. The van der Waals surface area contributed by atoms with E-state index in [2.05, 4.69) is 27.9 Å². The number of carbonyl (C=O) groups excluding carboxylic acids is 2. The van der Waals surface area contributed by atoms with Gasteiger partial charge < -0.3 is 15.0 Å². The first-order chi connectivity index (χ1) is 11.6. The molecule has 2 aromatic carbocycles. The van der Waals surface area contributed by atoms with Gasteiger partial charge in [-0.25, -0.2) is 0 Å². The lowest BCUT2D eigenvalue weighted by molar-refractivity contribution is -0.118. The minimum absolute atomic E-state index is 0.0626. The van der Waals surface area contributed by atoms with Crippen molar-refractivity contribution < 1.29 is 14.3 Å². The first-order valence-corrected chi connectivity index (χ1v) is 8.79. The SMILES string of the molecule is O=C(COc1ccccc1I)Nc1cccc(N2CCCC2=O)c1. The van der Waals surface area contributed by atoms with E-state index in [0.29, 0.717) is 17.9 Å². The van der Waals surface area contributed by atoms with Crippen LogP contribution in [0.3, 0.4) is 0 Å². The highest BCUT2D eigenvalue weighted by atomic mass is 127. The molecule has 3 rings (SSSR count). The fourth-order valence-corrected chi connectivity index (χ4v) is 3.12. The standard InChI is InChI=1S/C18H17IN2O3/c19-15-7-1-2-8-16(15)24-12-17(22)20-13-5-3-6-14(11-13)21-10-4-9-18(21)23/h1-3,5-8,11H,4,9-10,12H2,(H,20,22). The molecule has 1 heterocycles. The van der Waals surface area contributed by atoms with Crippen molar-refractivity contribution in [2.45, 2.75) is 12.8 Å². The molecule has 0 bridgehead atoms. The van der Waals surface area contributed by atoms with E-state index in [0.717, 1.165) is 22.2 Å². The van der Waals surface area contributed by atoms with Crippen molar-refractivity contribution in [3.05, 3.63) is 52.1 Å². The van der Waals surface area contributed by atoms with Crippen molar-refractivity contribution >= 4 is 45.8 Å². The van der Waals surface area contributed by atoms with Crippen LogP contribution in [0.25, 0.3) is 0 Å². The Morgan fingerprint density at radius 1 is 1.21 bits per heavy atom. The highest BCUT2D eigenvalue weighted by Gasteiger charge is 2.21. The third kappa shape index (κ3) is 4.05. The summed E-state index contributed by atoms with van der Waals surface area (Å²) in [5, 5.41) is 2.81. The van der Waals surface area contributed by atoms with E-state index in [9.17, 15) is 9.59 Å². The molecule has 0 unspecified atom stereocenters. The zero-order valence-corrected chi connectivity index (χ0v) is 15.2. The number of nitrogens with one attached hydrogen (secondary N) is 1. The molecule has 0 radical (unpaired) electrons. The molecular weight excluding hydrogens is 419 g/mol. The monoisotopic (exact) mass is 436 g/mol. The molecule has 1 saturated heterocycles. The summed E-state index contributed by atoms with van der Waals surface area (Å²) in [5.74, 6) is 0.574. The molecule has 2 amide bonds. The Morgan fingerprint density at radius 3 is 2.79 bits per heavy atom. The number of hydrogen-bond acceptors (Lipinski definition) is 3. The van der Waals surface area contributed by atoms with Crippen molar-refractivity contribution in [1.82, 2.24) is 0 Å². The van der Waals surface area contributed by atoms with E-state index < -0.39 is 0 Å². The number of nitrogens with zero attached hydrogens (tertiary/aromatic N) is 1. The number of rotatable bonds is 5. The minimum Gasteiger partial charge on any atom is -0.483 e. The van der Waals surface area contributed by atoms with Crippen LogP contribution in [0.1, 0.15) is 12.8 Å². The van der Waals surface area contributed by atoms with Crippen molar-refractivity contribution in [2.24, 2.45) is 0 Å². The van der Waals surface area contributed by atoms with E-state index in [4.69, 9.17) is 4.74 Å². The van der Waals surface area contributed by atoms with Crippen LogP contribution in [-0.4, -0.2) is 25.0 Å². The Kier molecular flexibility index (Phi) is 5.34. The second-order valence-electron chi connectivity index (χ2n) is 5.47. The Hall–Kier alpha value is -2.09. The lowest BCUT2D eigenvalue weighted by Crippen LogP contribution is -2.24. The lowest BCUT2D eigenvalue weighted by Gasteiger charge is -2.17. The molecule has 1 fully saturated rings. The first-order valence-electron chi connectivity index (χ1n) is 7.71. The van der Waals surface area contributed by atoms with Gasteiger partial charge in [0.05, 0.1) is 3.57 Å². The van der Waals surface area contributed by atoms with Gasteiger partial charge in [0.25, 0.3) is 5.91 Å². The van der Waals surface area contributed by atoms with Crippen molar-refractivity contribution in [3.63, 3.8) is 0 Å². The van der Waals surface area contributed by atoms with Crippen molar-refractivity contribution in [2.75, 3.05) is 23.4 Å². The van der Waals surface area contributed by atoms with E-state index >= 15 is 0 Å². The predicted octanol–water partition coefficient (Wildman–Crippen LogP) is 3.44. The Morgan fingerprint density at radius 2 is 2.04 bits per heavy atom. The zero-order chi connectivity index (χ0) is 16.9. The molecule has 6 heteroatoms. The molecule has 0 spiro atoms. The minimum atomic E-state index is -0.237. The van der Waals surface area contributed by atoms with Gasteiger partial charge >= 0.3 is 0 Å². The average Bonchev–Trinajstić information content (AvgIpc) is 3.00. The number of anilines is 2. The van der Waals surface area contributed by atoms with Gasteiger partial charge in [0.2, 0.25) is 5.91 Å². The summed E-state index contributed by atoms with van der Waals surface area (Å²) < 4.78 is 6.49. The van der Waals surface area contributed by atoms with Crippen LogP contribution in [0.2, 0.25) is 0 Å². The smallest absolute Gasteiger partial charge is 0.262 e. The maximum absolute atomic E-state index is 12.1. The van der Waals surface area contributed by atoms with Gasteiger partial charge in [-0.1, -0.05) is 18.2 Å². The van der Waals surface area contributed by atoms with Gasteiger partial charge in [0.1, 0.15) is 5.75 Å². The van der Waals surface area contributed by atoms with E-state index in [1.165, 1.54) is 0 Å². The van der Waals surface area contributed by atoms with Crippen LogP contribution >= 0.6 is 22.6 Å². The maximum atomic E-state index is 12.1.